The number of aromatic nitrogens is 1. The Balaban J connectivity index is 2.54. The minimum atomic E-state index is -0.677. The van der Waals surface area contributed by atoms with E-state index in [9.17, 15) is 9.59 Å². The van der Waals surface area contributed by atoms with Crippen molar-refractivity contribution in [3.8, 4) is 11.1 Å². The molecule has 0 radical (unpaired) electrons. The number of hydrogen-bond donors (Lipinski definition) is 0. The number of carbonyl (C=O) groups excluding carboxylic acids is 2. The SMILES string of the molecule is CCOC(=O)c1noc(C(=O)OCC)c1-c1ccc(Br)cc1. The predicted molar refractivity (Wildman–Crippen MR) is 81.6 cm³/mol. The molecule has 0 atom stereocenters. The Bertz CT molecular complexity index is 642. The molecule has 0 aliphatic carbocycles. The molecule has 0 spiro atoms. The van der Waals surface area contributed by atoms with Crippen LogP contribution in [0.5, 0.6) is 0 Å². The van der Waals surface area contributed by atoms with E-state index >= 15 is 0 Å². The van der Waals surface area contributed by atoms with Crippen molar-refractivity contribution in [2.24, 2.45) is 0 Å². The maximum Gasteiger partial charge on any atom is 0.377 e. The van der Waals surface area contributed by atoms with E-state index in [0.717, 1.165) is 4.47 Å². The van der Waals surface area contributed by atoms with Crippen molar-refractivity contribution < 1.29 is 23.6 Å². The van der Waals surface area contributed by atoms with E-state index in [4.69, 9.17) is 14.0 Å². The van der Waals surface area contributed by atoms with Crippen molar-refractivity contribution >= 4 is 27.9 Å². The third-order valence-electron chi connectivity index (χ3n) is 2.75. The zero-order valence-corrected chi connectivity index (χ0v) is 13.7. The molecule has 0 saturated carbocycles. The number of nitrogens with zero attached hydrogens (tertiary/aromatic N) is 1. The van der Waals surface area contributed by atoms with Gasteiger partial charge in [0.05, 0.1) is 18.8 Å². The highest BCUT2D eigenvalue weighted by atomic mass is 79.9. The van der Waals surface area contributed by atoms with Crippen LogP contribution in [-0.4, -0.2) is 30.3 Å². The van der Waals surface area contributed by atoms with Crippen LogP contribution in [0.15, 0.2) is 33.3 Å². The van der Waals surface area contributed by atoms with Gasteiger partial charge < -0.3 is 14.0 Å². The molecule has 0 saturated heterocycles. The Morgan fingerprint density at radius 3 is 2.27 bits per heavy atom. The molecular weight excluding hydrogens is 354 g/mol. The van der Waals surface area contributed by atoms with Gasteiger partial charge in [-0.05, 0) is 31.5 Å². The smallest absolute Gasteiger partial charge is 0.377 e. The van der Waals surface area contributed by atoms with E-state index in [-0.39, 0.29) is 30.2 Å². The summed E-state index contributed by atoms with van der Waals surface area (Å²) in [6.07, 6.45) is 0. The van der Waals surface area contributed by atoms with Gasteiger partial charge in [-0.25, -0.2) is 9.59 Å². The summed E-state index contributed by atoms with van der Waals surface area (Å²) in [7, 11) is 0. The molecule has 7 heteroatoms. The third kappa shape index (κ3) is 3.36. The normalized spacial score (nSPS) is 10.3. The van der Waals surface area contributed by atoms with Crippen LogP contribution in [0.3, 0.4) is 0 Å². The molecule has 0 fully saturated rings. The van der Waals surface area contributed by atoms with E-state index in [1.807, 2.05) is 0 Å². The van der Waals surface area contributed by atoms with Crippen LogP contribution in [0.1, 0.15) is 34.9 Å². The molecule has 2 rings (SSSR count). The van der Waals surface area contributed by atoms with Gasteiger partial charge in [0.25, 0.3) is 5.76 Å². The maximum atomic E-state index is 12.0. The highest BCUT2D eigenvalue weighted by Gasteiger charge is 2.29. The van der Waals surface area contributed by atoms with Crippen LogP contribution in [-0.2, 0) is 9.47 Å². The monoisotopic (exact) mass is 367 g/mol. The fourth-order valence-electron chi connectivity index (χ4n) is 1.85. The second-order valence-corrected chi connectivity index (χ2v) is 5.10. The molecule has 0 amide bonds. The lowest BCUT2D eigenvalue weighted by Gasteiger charge is -2.04. The van der Waals surface area contributed by atoms with Gasteiger partial charge in [-0.3, -0.25) is 0 Å². The van der Waals surface area contributed by atoms with Crippen molar-refractivity contribution in [1.29, 1.82) is 0 Å². The van der Waals surface area contributed by atoms with Crippen molar-refractivity contribution in [1.82, 2.24) is 5.16 Å². The average Bonchev–Trinajstić information content (AvgIpc) is 2.93. The molecule has 6 nitrogen and oxygen atoms in total. The van der Waals surface area contributed by atoms with Crippen LogP contribution in [0.4, 0.5) is 0 Å². The standard InChI is InChI=1S/C15H14BrNO5/c1-3-20-14(18)12-11(9-5-7-10(16)8-6-9)13(22-17-12)15(19)21-4-2/h5-8H,3-4H2,1-2H3. The largest absolute Gasteiger partial charge is 0.461 e. The first-order valence-corrected chi connectivity index (χ1v) is 7.47. The van der Waals surface area contributed by atoms with Crippen LogP contribution in [0.25, 0.3) is 11.1 Å². The lowest BCUT2D eigenvalue weighted by Crippen LogP contribution is -2.09. The number of halogens is 1. The summed E-state index contributed by atoms with van der Waals surface area (Å²) < 4.78 is 15.8. The van der Waals surface area contributed by atoms with Crippen molar-refractivity contribution in [2.45, 2.75) is 13.8 Å². The molecule has 22 heavy (non-hydrogen) atoms. The van der Waals surface area contributed by atoms with Gasteiger partial charge in [0.15, 0.2) is 5.69 Å². The van der Waals surface area contributed by atoms with Gasteiger partial charge in [-0.1, -0.05) is 33.2 Å². The van der Waals surface area contributed by atoms with Crippen LogP contribution < -0.4 is 0 Å². The lowest BCUT2D eigenvalue weighted by molar-refractivity contribution is 0.0471. The van der Waals surface area contributed by atoms with Gasteiger partial charge >= 0.3 is 11.9 Å². The molecular formula is C15H14BrNO5. The Labute approximate surface area is 135 Å². The molecule has 116 valence electrons. The summed E-state index contributed by atoms with van der Waals surface area (Å²) in [4.78, 5) is 24.0. The van der Waals surface area contributed by atoms with E-state index in [1.165, 1.54) is 0 Å². The number of rotatable bonds is 5. The zero-order valence-electron chi connectivity index (χ0n) is 12.1. The maximum absolute atomic E-state index is 12.0. The number of carbonyl (C=O) groups is 2. The van der Waals surface area contributed by atoms with Crippen molar-refractivity contribution in [3.63, 3.8) is 0 Å². The topological polar surface area (TPSA) is 78.6 Å². The quantitative estimate of drug-likeness (QED) is 0.753. The van der Waals surface area contributed by atoms with E-state index in [2.05, 4.69) is 21.1 Å². The number of esters is 2. The van der Waals surface area contributed by atoms with Crippen LogP contribution in [0, 0.1) is 0 Å². The summed E-state index contributed by atoms with van der Waals surface area (Å²) in [5.74, 6) is -1.45. The summed E-state index contributed by atoms with van der Waals surface area (Å²) in [5.41, 5.74) is 0.826. The number of hydrogen-bond acceptors (Lipinski definition) is 6. The Kier molecular flexibility index (Phi) is 5.32. The Morgan fingerprint density at radius 1 is 1.09 bits per heavy atom. The summed E-state index contributed by atoms with van der Waals surface area (Å²) in [6.45, 7) is 3.75. The molecule has 0 aliphatic rings. The van der Waals surface area contributed by atoms with E-state index < -0.39 is 11.9 Å². The van der Waals surface area contributed by atoms with Crippen molar-refractivity contribution in [3.05, 3.63) is 40.2 Å². The Hall–Kier alpha value is -2.15. The summed E-state index contributed by atoms with van der Waals surface area (Å²) >= 11 is 3.33. The molecule has 0 unspecified atom stereocenters. The van der Waals surface area contributed by atoms with Gasteiger partial charge in [0.2, 0.25) is 0 Å². The average molecular weight is 368 g/mol. The number of ether oxygens (including phenoxy) is 2. The van der Waals surface area contributed by atoms with Crippen molar-refractivity contribution in [2.75, 3.05) is 13.2 Å². The van der Waals surface area contributed by atoms with E-state index in [1.54, 1.807) is 38.1 Å². The second kappa shape index (κ2) is 7.22. The lowest BCUT2D eigenvalue weighted by atomic mass is 10.0. The summed E-state index contributed by atoms with van der Waals surface area (Å²) in [5, 5.41) is 3.67. The molecule has 2 aromatic rings. The minimum absolute atomic E-state index is 0.0489. The molecule has 0 bridgehead atoms. The minimum Gasteiger partial charge on any atom is -0.461 e. The first kappa shape index (κ1) is 16.2. The van der Waals surface area contributed by atoms with Gasteiger partial charge in [-0.15, -0.1) is 0 Å². The Morgan fingerprint density at radius 2 is 1.68 bits per heavy atom. The molecule has 1 aromatic heterocycles. The third-order valence-corrected chi connectivity index (χ3v) is 3.28. The van der Waals surface area contributed by atoms with Crippen LogP contribution in [0.2, 0.25) is 0 Å². The molecule has 0 aliphatic heterocycles. The number of benzene rings is 1. The summed E-state index contributed by atoms with van der Waals surface area (Å²) in [6, 6.07) is 7.04. The molecule has 1 aromatic carbocycles. The van der Waals surface area contributed by atoms with Crippen LogP contribution >= 0.6 is 15.9 Å². The van der Waals surface area contributed by atoms with Gasteiger partial charge in [0.1, 0.15) is 0 Å². The fourth-order valence-corrected chi connectivity index (χ4v) is 2.11. The van der Waals surface area contributed by atoms with Gasteiger partial charge in [0, 0.05) is 4.47 Å². The molecule has 0 N–H and O–H groups in total. The first-order valence-electron chi connectivity index (χ1n) is 6.68. The highest BCUT2D eigenvalue weighted by Crippen LogP contribution is 2.30. The highest BCUT2D eigenvalue weighted by molar-refractivity contribution is 9.10. The second-order valence-electron chi connectivity index (χ2n) is 4.18. The zero-order chi connectivity index (χ0) is 16.1. The first-order chi connectivity index (χ1) is 10.6. The van der Waals surface area contributed by atoms with Gasteiger partial charge in [-0.2, -0.15) is 0 Å². The van der Waals surface area contributed by atoms with E-state index in [0.29, 0.717) is 5.56 Å². The fraction of sp³-hybridized carbons (Fsp3) is 0.267. The molecule has 1 heterocycles. The predicted octanol–water partition coefficient (Wildman–Crippen LogP) is 3.46.